The molecule has 5 nitrogen and oxygen atoms in total. The number of aryl methyl sites for hydroxylation is 1. The van der Waals surface area contributed by atoms with Gasteiger partial charge in [0.25, 0.3) is 5.91 Å². The van der Waals surface area contributed by atoms with Gasteiger partial charge in [-0.1, -0.05) is 15.9 Å². The van der Waals surface area contributed by atoms with Crippen molar-refractivity contribution in [1.29, 1.82) is 0 Å². The van der Waals surface area contributed by atoms with Crippen LogP contribution in [0, 0.1) is 6.92 Å². The lowest BCUT2D eigenvalue weighted by atomic mass is 10.1. The normalized spacial score (nSPS) is 13.1. The van der Waals surface area contributed by atoms with Gasteiger partial charge in [0.05, 0.1) is 0 Å². The van der Waals surface area contributed by atoms with Crippen molar-refractivity contribution >= 4 is 50.1 Å². The van der Waals surface area contributed by atoms with Crippen molar-refractivity contribution in [2.24, 2.45) is 0 Å². The van der Waals surface area contributed by atoms with Crippen molar-refractivity contribution in [3.63, 3.8) is 0 Å². The molecule has 26 heavy (non-hydrogen) atoms. The zero-order chi connectivity index (χ0) is 18.4. The fourth-order valence-corrected chi connectivity index (χ4v) is 3.77. The van der Waals surface area contributed by atoms with Crippen LogP contribution in [0.25, 0.3) is 11.0 Å². The molecule has 1 aliphatic heterocycles. The summed E-state index contributed by atoms with van der Waals surface area (Å²) in [5.41, 5.74) is 4.16. The van der Waals surface area contributed by atoms with Crippen molar-refractivity contribution < 1.29 is 14.0 Å². The van der Waals surface area contributed by atoms with E-state index in [-0.39, 0.29) is 11.8 Å². The Morgan fingerprint density at radius 2 is 2.00 bits per heavy atom. The first-order chi connectivity index (χ1) is 12.4. The molecule has 1 aliphatic rings. The molecule has 2 aromatic carbocycles. The summed E-state index contributed by atoms with van der Waals surface area (Å²) >= 11 is 3.44. The largest absolute Gasteiger partial charge is 0.451 e. The monoisotopic (exact) mass is 412 g/mol. The molecule has 2 heterocycles. The summed E-state index contributed by atoms with van der Waals surface area (Å²) in [5, 5.41) is 3.81. The molecule has 6 heteroatoms. The van der Waals surface area contributed by atoms with Crippen molar-refractivity contribution in [2.45, 2.75) is 20.3 Å². The second-order valence-corrected chi connectivity index (χ2v) is 7.33. The molecule has 0 spiro atoms. The van der Waals surface area contributed by atoms with Gasteiger partial charge in [-0.2, -0.15) is 0 Å². The molecular weight excluding hydrogens is 396 g/mol. The number of halogens is 1. The van der Waals surface area contributed by atoms with E-state index in [9.17, 15) is 9.59 Å². The first-order valence-electron chi connectivity index (χ1n) is 8.35. The van der Waals surface area contributed by atoms with Crippen molar-refractivity contribution in [2.75, 3.05) is 16.8 Å². The van der Waals surface area contributed by atoms with Crippen molar-refractivity contribution in [1.82, 2.24) is 0 Å². The van der Waals surface area contributed by atoms with E-state index in [0.717, 1.165) is 33.1 Å². The quantitative estimate of drug-likeness (QED) is 0.665. The fourth-order valence-electron chi connectivity index (χ4n) is 3.40. The molecule has 0 atom stereocenters. The summed E-state index contributed by atoms with van der Waals surface area (Å²) in [5.74, 6) is 0.0600. The van der Waals surface area contributed by atoms with E-state index >= 15 is 0 Å². The Bertz CT molecular complexity index is 1050. The van der Waals surface area contributed by atoms with Crippen molar-refractivity contribution in [3.05, 3.63) is 57.8 Å². The molecule has 0 saturated heterocycles. The van der Waals surface area contributed by atoms with Gasteiger partial charge in [0.15, 0.2) is 5.76 Å². The Morgan fingerprint density at radius 3 is 2.77 bits per heavy atom. The second-order valence-electron chi connectivity index (χ2n) is 6.41. The number of carbonyl (C=O) groups is 2. The van der Waals surface area contributed by atoms with Gasteiger partial charge in [0, 0.05) is 40.3 Å². The molecular formula is C20H17BrN2O3. The highest BCUT2D eigenvalue weighted by Gasteiger charge is 2.23. The van der Waals surface area contributed by atoms with Gasteiger partial charge in [-0.15, -0.1) is 0 Å². The average molecular weight is 413 g/mol. The third-order valence-corrected chi connectivity index (χ3v) is 5.21. The number of fused-ring (bicyclic) bond motifs is 2. The van der Waals surface area contributed by atoms with Gasteiger partial charge in [-0.05, 0) is 55.3 Å². The van der Waals surface area contributed by atoms with Crippen LogP contribution in [0.1, 0.15) is 28.6 Å². The molecule has 0 saturated carbocycles. The van der Waals surface area contributed by atoms with E-state index in [2.05, 4.69) is 21.2 Å². The summed E-state index contributed by atoms with van der Waals surface area (Å²) in [7, 11) is 0. The molecule has 2 amide bonds. The van der Waals surface area contributed by atoms with Crippen LogP contribution in [-0.2, 0) is 11.2 Å². The first kappa shape index (κ1) is 16.8. The number of nitrogens with one attached hydrogen (secondary N) is 1. The Morgan fingerprint density at radius 1 is 1.19 bits per heavy atom. The molecule has 0 radical (unpaired) electrons. The zero-order valence-electron chi connectivity index (χ0n) is 14.4. The summed E-state index contributed by atoms with van der Waals surface area (Å²) < 4.78 is 6.68. The minimum absolute atomic E-state index is 0.0320. The van der Waals surface area contributed by atoms with Gasteiger partial charge in [0.2, 0.25) is 5.91 Å². The number of amides is 2. The van der Waals surface area contributed by atoms with E-state index in [0.29, 0.717) is 23.6 Å². The second kappa shape index (κ2) is 6.29. The smallest absolute Gasteiger partial charge is 0.291 e. The molecule has 1 N–H and O–H groups in total. The van der Waals surface area contributed by atoms with E-state index in [1.807, 2.05) is 43.3 Å². The Kier molecular flexibility index (Phi) is 4.07. The first-order valence-corrected chi connectivity index (χ1v) is 9.14. The highest BCUT2D eigenvalue weighted by atomic mass is 79.9. The molecule has 0 fully saturated rings. The minimum Gasteiger partial charge on any atom is -0.451 e. The maximum Gasteiger partial charge on any atom is 0.291 e. The van der Waals surface area contributed by atoms with E-state index in [1.165, 1.54) is 0 Å². The number of anilines is 2. The number of furan rings is 1. The third kappa shape index (κ3) is 2.80. The fraction of sp³-hybridized carbons (Fsp3) is 0.200. The summed E-state index contributed by atoms with van der Waals surface area (Å²) in [4.78, 5) is 26.1. The van der Waals surface area contributed by atoms with Crippen LogP contribution in [0.4, 0.5) is 11.4 Å². The molecule has 0 unspecified atom stereocenters. The number of hydrogen-bond donors (Lipinski definition) is 1. The van der Waals surface area contributed by atoms with Gasteiger partial charge < -0.3 is 14.6 Å². The van der Waals surface area contributed by atoms with Crippen LogP contribution in [-0.4, -0.2) is 18.4 Å². The number of hydrogen-bond acceptors (Lipinski definition) is 3. The molecule has 0 bridgehead atoms. The lowest BCUT2D eigenvalue weighted by molar-refractivity contribution is -0.116. The summed E-state index contributed by atoms with van der Waals surface area (Å²) in [6.45, 7) is 4.12. The Labute approximate surface area is 159 Å². The van der Waals surface area contributed by atoms with Crippen LogP contribution in [0.15, 0.2) is 45.3 Å². The van der Waals surface area contributed by atoms with Crippen LogP contribution < -0.4 is 10.2 Å². The van der Waals surface area contributed by atoms with E-state index in [1.54, 1.807) is 11.8 Å². The van der Waals surface area contributed by atoms with Crippen LogP contribution >= 0.6 is 15.9 Å². The van der Waals surface area contributed by atoms with Gasteiger partial charge in [-0.3, -0.25) is 9.59 Å². The highest BCUT2D eigenvalue weighted by Crippen LogP contribution is 2.32. The predicted molar refractivity (Wildman–Crippen MR) is 105 cm³/mol. The lowest BCUT2D eigenvalue weighted by Crippen LogP contribution is -2.25. The van der Waals surface area contributed by atoms with Gasteiger partial charge in [0.1, 0.15) is 5.58 Å². The summed E-state index contributed by atoms with van der Waals surface area (Å²) in [6, 6.07) is 11.3. The number of rotatable bonds is 2. The number of carbonyl (C=O) groups excluding carboxylic acids is 2. The Balaban J connectivity index is 1.61. The molecule has 4 rings (SSSR count). The molecule has 1 aromatic heterocycles. The molecule has 132 valence electrons. The topological polar surface area (TPSA) is 62.6 Å². The third-order valence-electron chi connectivity index (χ3n) is 4.72. The van der Waals surface area contributed by atoms with E-state index < -0.39 is 0 Å². The average Bonchev–Trinajstić information content (AvgIpc) is 3.16. The van der Waals surface area contributed by atoms with E-state index in [4.69, 9.17) is 4.42 Å². The number of benzene rings is 2. The Hall–Kier alpha value is -2.60. The maximum absolute atomic E-state index is 12.7. The zero-order valence-corrected chi connectivity index (χ0v) is 16.0. The molecule has 0 aliphatic carbocycles. The lowest BCUT2D eigenvalue weighted by Gasteiger charge is -2.15. The summed E-state index contributed by atoms with van der Waals surface area (Å²) in [6.07, 6.45) is 0.788. The van der Waals surface area contributed by atoms with Crippen LogP contribution in [0.5, 0.6) is 0 Å². The standard InChI is InChI=1S/C20H17BrN2O3/c1-11-16-10-14(21)3-6-18(16)26-19(11)20(25)22-15-4-5-17-13(9-15)7-8-23(17)12(2)24/h3-6,9-10H,7-8H2,1-2H3,(H,22,25). The maximum atomic E-state index is 12.7. The predicted octanol–water partition coefficient (Wildman–Crippen LogP) is 4.67. The van der Waals surface area contributed by atoms with Gasteiger partial charge >= 0.3 is 0 Å². The highest BCUT2D eigenvalue weighted by molar-refractivity contribution is 9.10. The minimum atomic E-state index is -0.281. The molecule has 3 aromatic rings. The van der Waals surface area contributed by atoms with Gasteiger partial charge in [-0.25, -0.2) is 0 Å². The van der Waals surface area contributed by atoms with Crippen LogP contribution in [0.2, 0.25) is 0 Å². The number of nitrogens with zero attached hydrogens (tertiary/aromatic N) is 1. The van der Waals surface area contributed by atoms with Crippen LogP contribution in [0.3, 0.4) is 0 Å². The SMILES string of the molecule is CC(=O)N1CCc2cc(NC(=O)c3oc4ccc(Br)cc4c3C)ccc21. The van der Waals surface area contributed by atoms with Crippen molar-refractivity contribution in [3.8, 4) is 0 Å².